The fourth-order valence-electron chi connectivity index (χ4n) is 1.63. The number of halogens is 1. The lowest BCUT2D eigenvalue weighted by Gasteiger charge is -2.03. The number of ether oxygens (including phenoxy) is 1. The Hall–Kier alpha value is -1.14. The minimum atomic E-state index is -0.477. The molecule has 1 aliphatic heterocycles. The molecule has 0 bridgehead atoms. The molecule has 0 aliphatic carbocycles. The Morgan fingerprint density at radius 1 is 1.80 bits per heavy atom. The first-order valence-corrected chi connectivity index (χ1v) is 5.00. The van der Waals surface area contributed by atoms with Crippen molar-refractivity contribution >= 4 is 17.4 Å². The van der Waals surface area contributed by atoms with Crippen molar-refractivity contribution in [1.29, 1.82) is 0 Å². The standard InChI is InChI=1S/C8H10ClN3O3/c9-7-3-8(12(13)14)11(10-7)4-6-1-2-15-5-6/h3,6H,1-2,4-5H2. The van der Waals surface area contributed by atoms with Gasteiger partial charge in [0.1, 0.15) is 6.54 Å². The van der Waals surface area contributed by atoms with Gasteiger partial charge in [-0.05, 0) is 11.3 Å². The van der Waals surface area contributed by atoms with Crippen LogP contribution in [0.15, 0.2) is 6.07 Å². The zero-order chi connectivity index (χ0) is 10.8. The fraction of sp³-hybridized carbons (Fsp3) is 0.625. The lowest BCUT2D eigenvalue weighted by atomic mass is 10.1. The molecule has 1 unspecified atom stereocenters. The van der Waals surface area contributed by atoms with Gasteiger partial charge in [0.25, 0.3) is 0 Å². The number of hydrogen-bond donors (Lipinski definition) is 0. The minimum Gasteiger partial charge on any atom is -0.381 e. The maximum Gasteiger partial charge on any atom is 0.346 e. The van der Waals surface area contributed by atoms with E-state index >= 15 is 0 Å². The van der Waals surface area contributed by atoms with E-state index in [-0.39, 0.29) is 11.0 Å². The maximum absolute atomic E-state index is 10.7. The molecule has 2 rings (SSSR count). The molecule has 0 saturated carbocycles. The van der Waals surface area contributed by atoms with Gasteiger partial charge in [0, 0.05) is 12.5 Å². The van der Waals surface area contributed by atoms with Crippen LogP contribution in [0.4, 0.5) is 5.82 Å². The molecule has 1 aromatic heterocycles. The first-order chi connectivity index (χ1) is 7.16. The third-order valence-electron chi connectivity index (χ3n) is 2.37. The quantitative estimate of drug-likeness (QED) is 0.584. The molecule has 0 aromatic carbocycles. The second kappa shape index (κ2) is 4.16. The van der Waals surface area contributed by atoms with Gasteiger partial charge in [0.2, 0.25) is 0 Å². The van der Waals surface area contributed by atoms with Crippen LogP contribution in [0.2, 0.25) is 5.15 Å². The van der Waals surface area contributed by atoms with E-state index in [1.807, 2.05) is 0 Å². The van der Waals surface area contributed by atoms with E-state index in [1.165, 1.54) is 10.7 Å². The monoisotopic (exact) mass is 231 g/mol. The topological polar surface area (TPSA) is 70.2 Å². The molecule has 1 fully saturated rings. The Morgan fingerprint density at radius 2 is 2.60 bits per heavy atom. The molecule has 1 aliphatic rings. The predicted octanol–water partition coefficient (Wildman–Crippen LogP) is 1.48. The molecule has 7 heteroatoms. The van der Waals surface area contributed by atoms with Gasteiger partial charge >= 0.3 is 5.82 Å². The van der Waals surface area contributed by atoms with Crippen LogP contribution in [0.3, 0.4) is 0 Å². The normalized spacial score (nSPS) is 20.7. The average molecular weight is 232 g/mol. The second-order valence-electron chi connectivity index (χ2n) is 3.49. The third-order valence-corrected chi connectivity index (χ3v) is 2.56. The van der Waals surface area contributed by atoms with Gasteiger partial charge in [-0.2, -0.15) is 0 Å². The zero-order valence-corrected chi connectivity index (χ0v) is 8.68. The first kappa shape index (κ1) is 10.4. The van der Waals surface area contributed by atoms with Crippen molar-refractivity contribution in [3.05, 3.63) is 21.3 Å². The summed E-state index contributed by atoms with van der Waals surface area (Å²) in [5.41, 5.74) is 0. The van der Waals surface area contributed by atoms with Crippen LogP contribution in [0, 0.1) is 16.0 Å². The fourth-order valence-corrected chi connectivity index (χ4v) is 1.82. The average Bonchev–Trinajstić information content (AvgIpc) is 2.75. The molecule has 6 nitrogen and oxygen atoms in total. The van der Waals surface area contributed by atoms with E-state index < -0.39 is 4.92 Å². The van der Waals surface area contributed by atoms with E-state index in [4.69, 9.17) is 16.3 Å². The molecular weight excluding hydrogens is 222 g/mol. The molecule has 0 spiro atoms. The van der Waals surface area contributed by atoms with Crippen molar-refractivity contribution in [1.82, 2.24) is 9.78 Å². The largest absolute Gasteiger partial charge is 0.381 e. The van der Waals surface area contributed by atoms with Gasteiger partial charge in [-0.25, -0.2) is 0 Å². The second-order valence-corrected chi connectivity index (χ2v) is 3.88. The summed E-state index contributed by atoms with van der Waals surface area (Å²) in [4.78, 5) is 10.2. The summed E-state index contributed by atoms with van der Waals surface area (Å²) in [6.45, 7) is 1.84. The van der Waals surface area contributed by atoms with Crippen molar-refractivity contribution in [2.24, 2.45) is 5.92 Å². The Kier molecular flexibility index (Phi) is 2.88. The van der Waals surface area contributed by atoms with Gasteiger partial charge < -0.3 is 14.9 Å². The highest BCUT2D eigenvalue weighted by molar-refractivity contribution is 6.29. The highest BCUT2D eigenvalue weighted by atomic mass is 35.5. The number of rotatable bonds is 3. The highest BCUT2D eigenvalue weighted by Gasteiger charge is 2.24. The van der Waals surface area contributed by atoms with E-state index in [0.717, 1.165) is 6.42 Å². The Morgan fingerprint density at radius 3 is 3.20 bits per heavy atom. The molecule has 1 saturated heterocycles. The molecule has 1 atom stereocenters. The molecule has 15 heavy (non-hydrogen) atoms. The molecular formula is C8H10ClN3O3. The summed E-state index contributed by atoms with van der Waals surface area (Å²) in [5.74, 6) is 0.228. The van der Waals surface area contributed by atoms with E-state index in [2.05, 4.69) is 5.10 Å². The Labute approximate surface area is 90.9 Å². The van der Waals surface area contributed by atoms with Gasteiger partial charge in [-0.15, -0.1) is 4.68 Å². The predicted molar refractivity (Wildman–Crippen MR) is 52.8 cm³/mol. The number of nitrogens with zero attached hydrogens (tertiary/aromatic N) is 3. The van der Waals surface area contributed by atoms with Crippen molar-refractivity contribution in [3.8, 4) is 0 Å². The van der Waals surface area contributed by atoms with E-state index in [0.29, 0.717) is 25.7 Å². The van der Waals surface area contributed by atoms with Crippen LogP contribution in [0.25, 0.3) is 0 Å². The van der Waals surface area contributed by atoms with E-state index in [1.54, 1.807) is 0 Å². The maximum atomic E-state index is 10.7. The van der Waals surface area contributed by atoms with Crippen molar-refractivity contribution in [3.63, 3.8) is 0 Å². The molecule has 1 aromatic rings. The van der Waals surface area contributed by atoms with E-state index in [9.17, 15) is 10.1 Å². The Bertz CT molecular complexity index is 373. The van der Waals surface area contributed by atoms with Gasteiger partial charge in [0.15, 0.2) is 5.15 Å². The van der Waals surface area contributed by atoms with Gasteiger partial charge in [-0.3, -0.25) is 0 Å². The van der Waals surface area contributed by atoms with Crippen molar-refractivity contribution in [2.75, 3.05) is 13.2 Å². The zero-order valence-electron chi connectivity index (χ0n) is 7.93. The van der Waals surface area contributed by atoms with Crippen molar-refractivity contribution < 1.29 is 9.66 Å². The smallest absolute Gasteiger partial charge is 0.346 e. The lowest BCUT2D eigenvalue weighted by Crippen LogP contribution is -2.13. The molecule has 0 radical (unpaired) electrons. The van der Waals surface area contributed by atoms with Crippen LogP contribution in [0.5, 0.6) is 0 Å². The van der Waals surface area contributed by atoms with Gasteiger partial charge in [0.05, 0.1) is 12.7 Å². The summed E-state index contributed by atoms with van der Waals surface area (Å²) < 4.78 is 6.53. The third kappa shape index (κ3) is 2.27. The van der Waals surface area contributed by atoms with Crippen LogP contribution >= 0.6 is 11.6 Å². The van der Waals surface area contributed by atoms with Crippen molar-refractivity contribution in [2.45, 2.75) is 13.0 Å². The summed E-state index contributed by atoms with van der Waals surface area (Å²) >= 11 is 5.63. The number of aromatic nitrogens is 2. The highest BCUT2D eigenvalue weighted by Crippen LogP contribution is 2.21. The first-order valence-electron chi connectivity index (χ1n) is 4.62. The summed E-state index contributed by atoms with van der Waals surface area (Å²) in [5, 5.41) is 14.7. The molecule has 0 amide bonds. The van der Waals surface area contributed by atoms with Crippen LogP contribution in [-0.4, -0.2) is 27.9 Å². The summed E-state index contributed by atoms with van der Waals surface area (Å²) in [6.07, 6.45) is 0.911. The SMILES string of the molecule is O=[N+]([O-])c1cc(Cl)nn1CC1CCOC1. The number of nitro groups is 1. The van der Waals surface area contributed by atoms with Crippen LogP contribution < -0.4 is 0 Å². The number of hydrogen-bond acceptors (Lipinski definition) is 4. The molecule has 0 N–H and O–H groups in total. The van der Waals surface area contributed by atoms with Crippen LogP contribution in [-0.2, 0) is 11.3 Å². The molecule has 2 heterocycles. The summed E-state index contributed by atoms with van der Waals surface area (Å²) in [7, 11) is 0. The van der Waals surface area contributed by atoms with Gasteiger partial charge in [-0.1, -0.05) is 16.7 Å². The molecule has 82 valence electrons. The minimum absolute atomic E-state index is 0.0631. The summed E-state index contributed by atoms with van der Waals surface area (Å²) in [6, 6.07) is 1.26. The lowest BCUT2D eigenvalue weighted by molar-refractivity contribution is -0.392. The van der Waals surface area contributed by atoms with Crippen LogP contribution in [0.1, 0.15) is 6.42 Å². The Balaban J connectivity index is 2.15.